The Hall–Kier alpha value is -2.13. The molecule has 3 rings (SSSR count). The number of aryl methyl sites for hydroxylation is 1. The third kappa shape index (κ3) is 2.69. The van der Waals surface area contributed by atoms with Crippen molar-refractivity contribution in [1.82, 2.24) is 19.6 Å². The van der Waals surface area contributed by atoms with Crippen LogP contribution in [0.2, 0.25) is 0 Å². The summed E-state index contributed by atoms with van der Waals surface area (Å²) < 4.78 is 1.47. The maximum absolute atomic E-state index is 10.6. The number of hydrogen-bond donors (Lipinski definition) is 2. The Balaban J connectivity index is 2.00. The molecule has 2 aromatic rings. The van der Waals surface area contributed by atoms with Gasteiger partial charge >= 0.3 is 0 Å². The van der Waals surface area contributed by atoms with Crippen molar-refractivity contribution < 1.29 is 5.11 Å². The lowest BCUT2D eigenvalue weighted by Gasteiger charge is -2.19. The Morgan fingerprint density at radius 1 is 1.29 bits per heavy atom. The molecule has 2 aromatic heterocycles. The number of hydrogen-bond acceptors (Lipinski definition) is 5. The molecule has 0 radical (unpaired) electrons. The van der Waals surface area contributed by atoms with E-state index >= 15 is 0 Å². The predicted molar refractivity (Wildman–Crippen MR) is 79.5 cm³/mol. The van der Waals surface area contributed by atoms with Crippen molar-refractivity contribution in [2.24, 2.45) is 0 Å². The molecule has 2 heterocycles. The molecule has 21 heavy (non-hydrogen) atoms. The van der Waals surface area contributed by atoms with Crippen LogP contribution in [-0.2, 0) is 0 Å². The van der Waals surface area contributed by atoms with Crippen LogP contribution in [-0.4, -0.2) is 30.3 Å². The predicted octanol–water partition coefficient (Wildman–Crippen LogP) is 1.45. The van der Waals surface area contributed by atoms with Gasteiger partial charge in [0.1, 0.15) is 17.7 Å². The molecule has 3 N–H and O–H groups in total. The summed E-state index contributed by atoms with van der Waals surface area (Å²) in [7, 11) is 0. The molecule has 1 aliphatic rings. The highest BCUT2D eigenvalue weighted by Crippen LogP contribution is 2.26. The van der Waals surface area contributed by atoms with E-state index in [0.717, 1.165) is 38.5 Å². The van der Waals surface area contributed by atoms with Crippen molar-refractivity contribution in [3.8, 4) is 11.8 Å². The van der Waals surface area contributed by atoms with E-state index in [9.17, 15) is 5.11 Å². The number of rotatable bonds is 0. The SMILES string of the molecule is Cc1nc2ncnn2c(N)c1C#CC1(O)CCCCCC1. The molecule has 6 heteroatoms. The van der Waals surface area contributed by atoms with Gasteiger partial charge in [-0.3, -0.25) is 0 Å². The monoisotopic (exact) mass is 285 g/mol. The second-order valence-corrected chi connectivity index (χ2v) is 5.63. The van der Waals surface area contributed by atoms with Crippen molar-refractivity contribution in [2.45, 2.75) is 51.0 Å². The number of aliphatic hydroxyl groups is 1. The Bertz CT molecular complexity index is 717. The van der Waals surface area contributed by atoms with Crippen molar-refractivity contribution in [3.05, 3.63) is 17.6 Å². The molecule has 0 spiro atoms. The zero-order chi connectivity index (χ0) is 14.9. The van der Waals surface area contributed by atoms with Gasteiger partial charge in [0.2, 0.25) is 0 Å². The third-order valence-electron chi connectivity index (χ3n) is 3.99. The summed E-state index contributed by atoms with van der Waals surface area (Å²) in [5.74, 6) is 6.92. The lowest BCUT2D eigenvalue weighted by Crippen LogP contribution is -2.25. The molecule has 0 bridgehead atoms. The van der Waals surface area contributed by atoms with E-state index in [-0.39, 0.29) is 0 Å². The van der Waals surface area contributed by atoms with Crippen LogP contribution in [0.1, 0.15) is 49.8 Å². The minimum Gasteiger partial charge on any atom is -0.382 e. The Morgan fingerprint density at radius 3 is 2.71 bits per heavy atom. The molecule has 0 aromatic carbocycles. The fourth-order valence-corrected chi connectivity index (χ4v) is 2.75. The van der Waals surface area contributed by atoms with Crippen LogP contribution in [0, 0.1) is 18.8 Å². The van der Waals surface area contributed by atoms with E-state index in [0.29, 0.717) is 22.9 Å². The molecular formula is C15H19N5O. The lowest BCUT2D eigenvalue weighted by atomic mass is 9.95. The summed E-state index contributed by atoms with van der Waals surface area (Å²) in [4.78, 5) is 8.35. The van der Waals surface area contributed by atoms with E-state index in [1.807, 2.05) is 6.92 Å². The summed E-state index contributed by atoms with van der Waals surface area (Å²) in [5, 5.41) is 14.6. The van der Waals surface area contributed by atoms with Gasteiger partial charge < -0.3 is 10.8 Å². The van der Waals surface area contributed by atoms with Crippen molar-refractivity contribution >= 4 is 11.6 Å². The van der Waals surface area contributed by atoms with Gasteiger partial charge in [-0.1, -0.05) is 24.7 Å². The smallest absolute Gasteiger partial charge is 0.254 e. The van der Waals surface area contributed by atoms with Gasteiger partial charge in [-0.15, -0.1) is 0 Å². The summed E-state index contributed by atoms with van der Waals surface area (Å²) in [6.07, 6.45) is 7.21. The van der Waals surface area contributed by atoms with Gasteiger partial charge in [0, 0.05) is 0 Å². The number of nitrogen functional groups attached to an aromatic ring is 1. The second-order valence-electron chi connectivity index (χ2n) is 5.63. The molecule has 0 unspecified atom stereocenters. The second kappa shape index (κ2) is 5.34. The largest absolute Gasteiger partial charge is 0.382 e. The molecule has 1 saturated carbocycles. The molecule has 0 aliphatic heterocycles. The van der Waals surface area contributed by atoms with Gasteiger partial charge in [0.05, 0.1) is 11.3 Å². The topological polar surface area (TPSA) is 89.3 Å². The molecule has 110 valence electrons. The molecule has 0 amide bonds. The Kier molecular flexibility index (Phi) is 3.52. The van der Waals surface area contributed by atoms with E-state index < -0.39 is 5.60 Å². The maximum Gasteiger partial charge on any atom is 0.254 e. The first-order valence-corrected chi connectivity index (χ1v) is 7.30. The first kappa shape index (κ1) is 13.8. The highest BCUT2D eigenvalue weighted by Gasteiger charge is 2.25. The lowest BCUT2D eigenvalue weighted by molar-refractivity contribution is 0.0849. The highest BCUT2D eigenvalue weighted by atomic mass is 16.3. The van der Waals surface area contributed by atoms with Crippen LogP contribution < -0.4 is 5.73 Å². The third-order valence-corrected chi connectivity index (χ3v) is 3.99. The molecule has 6 nitrogen and oxygen atoms in total. The van der Waals surface area contributed by atoms with Crippen molar-refractivity contribution in [1.29, 1.82) is 0 Å². The summed E-state index contributed by atoms with van der Waals surface area (Å²) in [6, 6.07) is 0. The number of nitrogens with two attached hydrogens (primary N) is 1. The van der Waals surface area contributed by atoms with Gasteiger partial charge in [0.25, 0.3) is 5.78 Å². The number of aromatic nitrogens is 4. The average molecular weight is 285 g/mol. The summed E-state index contributed by atoms with van der Waals surface area (Å²) in [6.45, 7) is 1.84. The normalized spacial score (nSPS) is 18.0. The minimum absolute atomic E-state index is 0.416. The zero-order valence-electron chi connectivity index (χ0n) is 12.1. The molecule has 1 fully saturated rings. The van der Waals surface area contributed by atoms with E-state index in [1.54, 1.807) is 0 Å². The fourth-order valence-electron chi connectivity index (χ4n) is 2.75. The van der Waals surface area contributed by atoms with Crippen LogP contribution in [0.5, 0.6) is 0 Å². The minimum atomic E-state index is -0.910. The van der Waals surface area contributed by atoms with Gasteiger partial charge in [-0.05, 0) is 32.6 Å². The first-order chi connectivity index (χ1) is 10.1. The first-order valence-electron chi connectivity index (χ1n) is 7.30. The Labute approximate surface area is 123 Å². The quantitative estimate of drug-likeness (QED) is 0.565. The van der Waals surface area contributed by atoms with Gasteiger partial charge in [0.15, 0.2) is 0 Å². The summed E-state index contributed by atoms with van der Waals surface area (Å²) in [5.41, 5.74) is 6.50. The van der Waals surface area contributed by atoms with Crippen LogP contribution in [0.4, 0.5) is 5.82 Å². The summed E-state index contributed by atoms with van der Waals surface area (Å²) >= 11 is 0. The molecule has 1 aliphatic carbocycles. The molecule has 0 atom stereocenters. The van der Waals surface area contributed by atoms with Gasteiger partial charge in [-0.2, -0.15) is 14.6 Å². The molecular weight excluding hydrogens is 266 g/mol. The van der Waals surface area contributed by atoms with Crippen LogP contribution in [0.3, 0.4) is 0 Å². The Morgan fingerprint density at radius 2 is 2.00 bits per heavy atom. The van der Waals surface area contributed by atoms with E-state index in [4.69, 9.17) is 5.73 Å². The van der Waals surface area contributed by atoms with Crippen molar-refractivity contribution in [3.63, 3.8) is 0 Å². The van der Waals surface area contributed by atoms with Crippen LogP contribution >= 0.6 is 0 Å². The molecule has 0 saturated heterocycles. The van der Waals surface area contributed by atoms with E-state index in [1.165, 1.54) is 10.8 Å². The highest BCUT2D eigenvalue weighted by molar-refractivity contribution is 5.57. The zero-order valence-corrected chi connectivity index (χ0v) is 12.1. The van der Waals surface area contributed by atoms with Crippen LogP contribution in [0.15, 0.2) is 6.33 Å². The average Bonchev–Trinajstić information content (AvgIpc) is 2.80. The number of anilines is 1. The fraction of sp³-hybridized carbons (Fsp3) is 0.533. The van der Waals surface area contributed by atoms with Crippen LogP contribution in [0.25, 0.3) is 5.78 Å². The number of fused-ring (bicyclic) bond motifs is 1. The van der Waals surface area contributed by atoms with Crippen molar-refractivity contribution in [2.75, 3.05) is 5.73 Å². The standard InChI is InChI=1S/C15H19N5O/c1-11-12(13(16)20-14(19-11)17-10-18-20)6-9-15(21)7-4-2-3-5-8-15/h10,21H,2-5,7-8,16H2,1H3. The maximum atomic E-state index is 10.6. The number of nitrogens with zero attached hydrogens (tertiary/aromatic N) is 4. The van der Waals surface area contributed by atoms with E-state index in [2.05, 4.69) is 26.9 Å². The van der Waals surface area contributed by atoms with Gasteiger partial charge in [-0.25, -0.2) is 4.98 Å².